The van der Waals surface area contributed by atoms with E-state index >= 15 is 0 Å². The molecule has 0 atom stereocenters. The maximum Gasteiger partial charge on any atom is 0.127 e. The average molecular weight is 325 g/mol. The molecule has 4 nitrogen and oxygen atoms in total. The fraction of sp³-hybridized carbons (Fsp3) is 0.353. The molecule has 2 aliphatic rings. The monoisotopic (exact) mass is 324 g/mol. The van der Waals surface area contributed by atoms with Crippen molar-refractivity contribution in [2.45, 2.75) is 6.85 Å². The standard InChI is InChI=1S/C17H20N4S/c1-12-11-13-16(21-9-7-20(2)8-10-21)18-14-5-3-4-6-15(14)19-17(13)22-12/h3-6,11,18H,7-10H2,1-2H3/i1D3,3D,4D,5D,6D,7D2,8D2,11D. The number of benzene rings is 1. The average Bonchev–Trinajstić information content (AvgIpc) is 2.94. The summed E-state index contributed by atoms with van der Waals surface area (Å²) in [7, 11) is 1.31. The number of piperazine rings is 1. The lowest BCUT2D eigenvalue weighted by Crippen LogP contribution is -2.47. The molecule has 114 valence electrons. The van der Waals surface area contributed by atoms with Gasteiger partial charge in [-0.25, -0.2) is 4.99 Å². The molecule has 1 fully saturated rings. The molecule has 0 bridgehead atoms. The van der Waals surface area contributed by atoms with Gasteiger partial charge < -0.3 is 15.1 Å². The highest BCUT2D eigenvalue weighted by atomic mass is 32.1. The Morgan fingerprint density at radius 1 is 1.36 bits per heavy atom. The number of fused-ring (bicyclic) bond motifs is 2. The van der Waals surface area contributed by atoms with Crippen molar-refractivity contribution in [3.8, 4) is 0 Å². The highest BCUT2D eigenvalue weighted by molar-refractivity contribution is 7.09. The van der Waals surface area contributed by atoms with E-state index in [4.69, 9.17) is 16.4 Å². The first-order valence-corrected chi connectivity index (χ1v) is 7.38. The molecule has 1 aromatic carbocycles. The van der Waals surface area contributed by atoms with E-state index in [0.29, 0.717) is 11.3 Å². The fourth-order valence-corrected chi connectivity index (χ4v) is 2.97. The van der Waals surface area contributed by atoms with Crippen molar-refractivity contribution in [3.63, 3.8) is 0 Å². The maximum absolute atomic E-state index is 8.58. The zero-order chi connectivity index (χ0) is 25.5. The molecule has 2 aliphatic heterocycles. The van der Waals surface area contributed by atoms with E-state index in [2.05, 4.69) is 10.3 Å². The largest absolute Gasteiger partial charge is 0.355 e. The highest BCUT2D eigenvalue weighted by Crippen LogP contribution is 2.27. The van der Waals surface area contributed by atoms with E-state index in [9.17, 15) is 0 Å². The molecule has 22 heavy (non-hydrogen) atoms. The number of rotatable bonds is 1. The Balaban J connectivity index is 2.09. The number of nitrogens with one attached hydrogen (secondary N) is 1. The number of anilines is 1. The van der Waals surface area contributed by atoms with Crippen molar-refractivity contribution in [3.05, 3.63) is 45.0 Å². The van der Waals surface area contributed by atoms with Crippen LogP contribution in [0.3, 0.4) is 0 Å². The third-order valence-electron chi connectivity index (χ3n) is 3.33. The van der Waals surface area contributed by atoms with Gasteiger partial charge in [-0.15, -0.1) is 11.3 Å². The van der Waals surface area contributed by atoms with Crippen LogP contribution in [0.4, 0.5) is 11.4 Å². The second-order valence-electron chi connectivity index (χ2n) is 4.78. The van der Waals surface area contributed by atoms with Gasteiger partial charge >= 0.3 is 0 Å². The zero-order valence-corrected chi connectivity index (χ0v) is 12.5. The minimum Gasteiger partial charge on any atom is -0.355 e. The quantitative estimate of drug-likeness (QED) is 0.867. The summed E-state index contributed by atoms with van der Waals surface area (Å²) >= 11 is 0.684. The topological polar surface area (TPSA) is 30.9 Å². The molecule has 1 N–H and O–H groups in total. The van der Waals surface area contributed by atoms with Crippen LogP contribution in [0.2, 0.25) is 0 Å². The molecular formula is C17H20N4S. The summed E-state index contributed by atoms with van der Waals surface area (Å²) in [6.07, 6.45) is 0. The van der Waals surface area contributed by atoms with E-state index in [1.54, 1.807) is 0 Å². The third-order valence-corrected chi connectivity index (χ3v) is 4.12. The predicted molar refractivity (Wildman–Crippen MR) is 92.0 cm³/mol. The van der Waals surface area contributed by atoms with Gasteiger partial charge in [-0.05, 0) is 32.0 Å². The summed E-state index contributed by atoms with van der Waals surface area (Å²) in [5.41, 5.74) is -0.306. The Morgan fingerprint density at radius 3 is 3.00 bits per heavy atom. The Bertz CT molecular complexity index is 1300. The number of thiophene rings is 1. The number of aryl methyl sites for hydroxylation is 1. The van der Waals surface area contributed by atoms with Crippen molar-refractivity contribution in [2.75, 3.05) is 38.4 Å². The van der Waals surface area contributed by atoms with Gasteiger partial charge in [0.2, 0.25) is 0 Å². The van der Waals surface area contributed by atoms with Gasteiger partial charge in [0.05, 0.1) is 23.4 Å². The van der Waals surface area contributed by atoms with E-state index < -0.39 is 50.1 Å². The van der Waals surface area contributed by atoms with Crippen LogP contribution in [-0.4, -0.2) is 42.9 Å². The second-order valence-corrected chi connectivity index (χ2v) is 5.78. The van der Waals surface area contributed by atoms with Crippen molar-refractivity contribution < 1.29 is 16.4 Å². The molecule has 1 saturated heterocycles. The Kier molecular flexibility index (Phi) is 1.47. The first-order valence-electron chi connectivity index (χ1n) is 12.6. The van der Waals surface area contributed by atoms with Crippen molar-refractivity contribution >= 4 is 28.5 Å². The minimum atomic E-state index is -2.65. The van der Waals surface area contributed by atoms with Crippen LogP contribution in [0.25, 0.3) is 5.82 Å². The highest BCUT2D eigenvalue weighted by Gasteiger charge is 2.20. The summed E-state index contributed by atoms with van der Waals surface area (Å²) in [5, 5.41) is 2.82. The van der Waals surface area contributed by atoms with E-state index in [1.165, 1.54) is 11.9 Å². The molecule has 0 unspecified atom stereocenters. The normalized spacial score (nSPS) is 31.1. The van der Waals surface area contributed by atoms with E-state index in [-0.39, 0.29) is 45.1 Å². The molecule has 1 aromatic heterocycles. The van der Waals surface area contributed by atoms with Crippen LogP contribution in [0.15, 0.2) is 35.2 Å². The predicted octanol–water partition coefficient (Wildman–Crippen LogP) is 1.75. The second kappa shape index (κ2) is 5.41. The van der Waals surface area contributed by atoms with Crippen LogP contribution in [-0.2, 0) is 0 Å². The van der Waals surface area contributed by atoms with E-state index in [0.717, 1.165) is 4.90 Å². The van der Waals surface area contributed by atoms with Crippen molar-refractivity contribution in [2.24, 2.45) is 4.99 Å². The summed E-state index contributed by atoms with van der Waals surface area (Å²) in [6.45, 7) is -7.67. The van der Waals surface area contributed by atoms with Crippen LogP contribution in [0.1, 0.15) is 21.3 Å². The number of likely N-dealkylation sites (N-methyl/N-ethyl adjacent to an activating group) is 1. The molecular weight excluding hydrogens is 292 g/mol. The van der Waals surface area contributed by atoms with E-state index in [1.807, 2.05) is 0 Å². The summed E-state index contributed by atoms with van der Waals surface area (Å²) in [6, 6.07) is -2.39. The molecule has 3 heterocycles. The van der Waals surface area contributed by atoms with Gasteiger partial charge in [-0.2, -0.15) is 0 Å². The van der Waals surface area contributed by atoms with Gasteiger partial charge in [0.1, 0.15) is 10.5 Å². The Labute approximate surface area is 151 Å². The van der Waals surface area contributed by atoms with Crippen molar-refractivity contribution in [1.82, 2.24) is 9.80 Å². The first-order chi connectivity index (χ1) is 15.5. The molecule has 0 aliphatic carbocycles. The van der Waals surface area contributed by atoms with Gasteiger partial charge in [-0.3, -0.25) is 0 Å². The lowest BCUT2D eigenvalue weighted by Gasteiger charge is -2.35. The Morgan fingerprint density at radius 2 is 2.18 bits per heavy atom. The zero-order valence-electron chi connectivity index (χ0n) is 23.7. The molecule has 2 aromatic rings. The molecule has 0 spiro atoms. The van der Waals surface area contributed by atoms with Gasteiger partial charge in [-0.1, -0.05) is 12.1 Å². The fourth-order valence-electron chi connectivity index (χ4n) is 2.23. The van der Waals surface area contributed by atoms with Gasteiger partial charge in [0.25, 0.3) is 0 Å². The smallest absolute Gasteiger partial charge is 0.127 e. The van der Waals surface area contributed by atoms with Crippen LogP contribution in [0, 0.1) is 6.85 Å². The molecule has 4 rings (SSSR count). The molecule has 0 amide bonds. The number of nitrogens with zero attached hydrogens (tertiary/aromatic N) is 3. The van der Waals surface area contributed by atoms with Crippen LogP contribution in [0.5, 0.6) is 0 Å². The molecule has 0 saturated carbocycles. The van der Waals surface area contributed by atoms with Crippen molar-refractivity contribution in [1.29, 1.82) is 0 Å². The lowest BCUT2D eigenvalue weighted by atomic mass is 10.2. The van der Waals surface area contributed by atoms with Crippen LogP contribution >= 0.6 is 11.3 Å². The number of hydrogen-bond donors (Lipinski definition) is 1. The van der Waals surface area contributed by atoms with Gasteiger partial charge in [0, 0.05) is 40.6 Å². The summed E-state index contributed by atoms with van der Waals surface area (Å²) in [4.78, 5) is 6.27. The third kappa shape index (κ3) is 2.40. The Hall–Kier alpha value is -1.85. The number of hydrogen-bond acceptors (Lipinski definition) is 5. The maximum atomic E-state index is 8.58. The molecule has 5 heteroatoms. The van der Waals surface area contributed by atoms with Gasteiger partial charge in [0.15, 0.2) is 0 Å². The summed E-state index contributed by atoms with van der Waals surface area (Å²) in [5.74, 6) is -0.0415. The lowest BCUT2D eigenvalue weighted by molar-refractivity contribution is 0.206. The van der Waals surface area contributed by atoms with Crippen LogP contribution < -0.4 is 15.2 Å². The SMILES string of the molecule is [2H]c1c([2H])c([2H])c2c(c1[2H])N=c1sc(C([2H])([2H])[2H])c([2H])c1=C(N1CC([2H])([2H])N(C)C([2H])([2H])C1)N2. The first kappa shape index (κ1) is 5.98. The minimum absolute atomic E-state index is 0.00227. The number of para-hydroxylation sites is 2. The molecule has 0 radical (unpaired) electrons. The summed E-state index contributed by atoms with van der Waals surface area (Å²) < 4.78 is 97.7.